The van der Waals surface area contributed by atoms with Gasteiger partial charge in [-0.15, -0.1) is 0 Å². The van der Waals surface area contributed by atoms with Gasteiger partial charge in [-0.2, -0.15) is 5.10 Å². The van der Waals surface area contributed by atoms with Crippen molar-refractivity contribution in [3.05, 3.63) is 18.0 Å². The van der Waals surface area contributed by atoms with Crippen molar-refractivity contribution in [3.8, 4) is 0 Å². The smallest absolute Gasteiger partial charge is 0.228 e. The van der Waals surface area contributed by atoms with E-state index in [1.54, 1.807) is 0 Å². The van der Waals surface area contributed by atoms with Crippen molar-refractivity contribution in [2.24, 2.45) is 5.92 Å². The van der Waals surface area contributed by atoms with Crippen molar-refractivity contribution in [1.82, 2.24) is 19.6 Å². The lowest BCUT2D eigenvalue weighted by molar-refractivity contribution is -0.136. The second-order valence-corrected chi connectivity index (χ2v) is 7.95. The Morgan fingerprint density at radius 3 is 2.76 bits per heavy atom. The van der Waals surface area contributed by atoms with E-state index in [-0.39, 0.29) is 23.8 Å². The maximum atomic E-state index is 13.1. The van der Waals surface area contributed by atoms with Gasteiger partial charge in [0.25, 0.3) is 0 Å². The third kappa shape index (κ3) is 3.31. The molecule has 1 aliphatic carbocycles. The van der Waals surface area contributed by atoms with E-state index in [4.69, 9.17) is 0 Å². The Labute approximate surface area is 149 Å². The summed E-state index contributed by atoms with van der Waals surface area (Å²) in [7, 11) is 0. The fourth-order valence-electron chi connectivity index (χ4n) is 4.80. The Hall–Kier alpha value is -1.85. The van der Waals surface area contributed by atoms with Crippen LogP contribution in [0.1, 0.15) is 50.5 Å². The van der Waals surface area contributed by atoms with Crippen molar-refractivity contribution in [1.29, 1.82) is 0 Å². The van der Waals surface area contributed by atoms with Crippen LogP contribution in [0.2, 0.25) is 0 Å². The van der Waals surface area contributed by atoms with Gasteiger partial charge in [0.15, 0.2) is 0 Å². The van der Waals surface area contributed by atoms with Gasteiger partial charge in [0.1, 0.15) is 0 Å². The Kier molecular flexibility index (Phi) is 4.52. The van der Waals surface area contributed by atoms with Gasteiger partial charge in [0, 0.05) is 31.7 Å². The summed E-state index contributed by atoms with van der Waals surface area (Å²) >= 11 is 0. The van der Waals surface area contributed by atoms with Crippen LogP contribution in [-0.4, -0.2) is 56.6 Å². The van der Waals surface area contributed by atoms with Gasteiger partial charge in [-0.1, -0.05) is 12.8 Å². The van der Waals surface area contributed by atoms with Gasteiger partial charge in [-0.05, 0) is 38.2 Å². The number of carbonyl (C=O) groups is 2. The Balaban J connectivity index is 1.40. The van der Waals surface area contributed by atoms with E-state index in [9.17, 15) is 9.59 Å². The second-order valence-electron chi connectivity index (χ2n) is 7.95. The summed E-state index contributed by atoms with van der Waals surface area (Å²) in [6, 6.07) is 0.592. The zero-order chi connectivity index (χ0) is 17.4. The van der Waals surface area contributed by atoms with Crippen LogP contribution in [0.5, 0.6) is 0 Å². The zero-order valence-electron chi connectivity index (χ0n) is 15.1. The molecule has 2 amide bonds. The molecule has 0 aromatic carbocycles. The first-order chi connectivity index (χ1) is 12.1. The van der Waals surface area contributed by atoms with Crippen LogP contribution < -0.4 is 0 Å². The molecule has 0 unspecified atom stereocenters. The average molecular weight is 344 g/mol. The number of amides is 2. The number of nitrogens with zero attached hydrogens (tertiary/aromatic N) is 4. The maximum absolute atomic E-state index is 13.1. The minimum absolute atomic E-state index is 0.145. The lowest BCUT2D eigenvalue weighted by atomic mass is 10.1. The number of hydrogen-bond donors (Lipinski definition) is 0. The topological polar surface area (TPSA) is 58.4 Å². The van der Waals surface area contributed by atoms with Gasteiger partial charge in [-0.3, -0.25) is 14.3 Å². The van der Waals surface area contributed by atoms with E-state index in [2.05, 4.69) is 5.10 Å². The highest BCUT2D eigenvalue weighted by Crippen LogP contribution is 2.31. The largest absolute Gasteiger partial charge is 0.339 e. The molecule has 136 valence electrons. The average Bonchev–Trinajstić information content (AvgIpc) is 3.34. The highest BCUT2D eigenvalue weighted by atomic mass is 16.2. The van der Waals surface area contributed by atoms with Gasteiger partial charge in [0.2, 0.25) is 11.8 Å². The lowest BCUT2D eigenvalue weighted by Crippen LogP contribution is -2.43. The van der Waals surface area contributed by atoms with Crippen LogP contribution in [0.3, 0.4) is 0 Å². The Bertz CT molecular complexity index is 650. The summed E-state index contributed by atoms with van der Waals surface area (Å²) in [4.78, 5) is 29.5. The molecule has 2 aliphatic heterocycles. The molecule has 4 rings (SSSR count). The molecule has 2 atom stereocenters. The molecule has 1 aromatic heterocycles. The second kappa shape index (κ2) is 6.81. The summed E-state index contributed by atoms with van der Waals surface area (Å²) in [5, 5.41) is 4.36. The molecule has 3 aliphatic rings. The third-order valence-corrected chi connectivity index (χ3v) is 6.09. The van der Waals surface area contributed by atoms with Crippen LogP contribution >= 0.6 is 0 Å². The highest BCUT2D eigenvalue weighted by molar-refractivity contribution is 5.89. The van der Waals surface area contributed by atoms with E-state index < -0.39 is 0 Å². The molecule has 3 fully saturated rings. The van der Waals surface area contributed by atoms with Crippen LogP contribution in [-0.2, 0) is 16.1 Å². The summed E-state index contributed by atoms with van der Waals surface area (Å²) in [6.07, 6.45) is 11.0. The normalized spacial score (nSPS) is 27.6. The third-order valence-electron chi connectivity index (χ3n) is 6.09. The Morgan fingerprint density at radius 1 is 1.24 bits per heavy atom. The van der Waals surface area contributed by atoms with Gasteiger partial charge in [-0.25, -0.2) is 0 Å². The standard InChI is InChI=1S/C19H28N4O2/c1-14-10-20-21(11-14)13-17-7-4-8-22(17)19(25)15-9-18(24)23(12-15)16-5-2-3-6-16/h10-11,15-17H,2-9,12-13H2,1H3/t15-,17+/m0/s1. The molecule has 0 bridgehead atoms. The van der Waals surface area contributed by atoms with E-state index in [0.717, 1.165) is 44.3 Å². The van der Waals surface area contributed by atoms with Gasteiger partial charge >= 0.3 is 0 Å². The summed E-state index contributed by atoms with van der Waals surface area (Å²) < 4.78 is 1.94. The van der Waals surface area contributed by atoms with Crippen molar-refractivity contribution in [2.75, 3.05) is 13.1 Å². The predicted octanol–water partition coefficient (Wildman–Crippen LogP) is 1.97. The van der Waals surface area contributed by atoms with Crippen molar-refractivity contribution >= 4 is 11.8 Å². The number of carbonyl (C=O) groups excluding carboxylic acids is 2. The molecular weight excluding hydrogens is 316 g/mol. The number of hydrogen-bond acceptors (Lipinski definition) is 3. The molecule has 3 heterocycles. The molecule has 6 heteroatoms. The fraction of sp³-hybridized carbons (Fsp3) is 0.737. The molecule has 1 aromatic rings. The van der Waals surface area contributed by atoms with Crippen LogP contribution in [0.4, 0.5) is 0 Å². The number of rotatable bonds is 4. The van der Waals surface area contributed by atoms with Crippen LogP contribution in [0, 0.1) is 12.8 Å². The van der Waals surface area contributed by atoms with Gasteiger partial charge in [0.05, 0.1) is 24.7 Å². The van der Waals surface area contributed by atoms with E-state index in [0.29, 0.717) is 19.0 Å². The maximum Gasteiger partial charge on any atom is 0.228 e. The summed E-state index contributed by atoms with van der Waals surface area (Å²) in [6.45, 7) is 4.24. The van der Waals surface area contributed by atoms with Crippen molar-refractivity contribution < 1.29 is 9.59 Å². The number of likely N-dealkylation sites (tertiary alicyclic amines) is 2. The van der Waals surface area contributed by atoms with Gasteiger partial charge < -0.3 is 9.80 Å². The summed E-state index contributed by atoms with van der Waals surface area (Å²) in [5.74, 6) is 0.219. The van der Waals surface area contributed by atoms with E-state index in [1.807, 2.05) is 33.8 Å². The summed E-state index contributed by atoms with van der Waals surface area (Å²) in [5.41, 5.74) is 1.14. The SMILES string of the molecule is Cc1cnn(C[C@H]2CCCN2C(=O)[C@H]2CC(=O)N(C3CCCC3)C2)c1. The fourth-order valence-corrected chi connectivity index (χ4v) is 4.80. The van der Waals surface area contributed by atoms with E-state index in [1.165, 1.54) is 12.8 Å². The molecule has 0 radical (unpaired) electrons. The number of aromatic nitrogens is 2. The van der Waals surface area contributed by atoms with Crippen LogP contribution in [0.25, 0.3) is 0 Å². The molecule has 2 saturated heterocycles. The lowest BCUT2D eigenvalue weighted by Gasteiger charge is -2.28. The Morgan fingerprint density at radius 2 is 2.04 bits per heavy atom. The quantitative estimate of drug-likeness (QED) is 0.839. The molecule has 1 saturated carbocycles. The monoisotopic (exact) mass is 344 g/mol. The molecule has 0 N–H and O–H groups in total. The zero-order valence-corrected chi connectivity index (χ0v) is 15.1. The highest BCUT2D eigenvalue weighted by Gasteiger charge is 2.42. The first kappa shape index (κ1) is 16.6. The van der Waals surface area contributed by atoms with Crippen LogP contribution in [0.15, 0.2) is 12.4 Å². The molecule has 25 heavy (non-hydrogen) atoms. The number of aryl methyl sites for hydroxylation is 1. The minimum atomic E-state index is -0.145. The molecule has 0 spiro atoms. The van der Waals surface area contributed by atoms with Crippen molar-refractivity contribution in [2.45, 2.75) is 70.5 Å². The van der Waals surface area contributed by atoms with E-state index >= 15 is 0 Å². The first-order valence-electron chi connectivity index (χ1n) is 9.71. The van der Waals surface area contributed by atoms with Crippen molar-refractivity contribution in [3.63, 3.8) is 0 Å². The minimum Gasteiger partial charge on any atom is -0.339 e. The molecular formula is C19H28N4O2. The molecule has 6 nitrogen and oxygen atoms in total. The first-order valence-corrected chi connectivity index (χ1v) is 9.71. The predicted molar refractivity (Wildman–Crippen MR) is 93.8 cm³/mol.